The van der Waals surface area contributed by atoms with Gasteiger partial charge in [-0.1, -0.05) is 42.5 Å². The van der Waals surface area contributed by atoms with Gasteiger partial charge in [-0.3, -0.25) is 0 Å². The van der Waals surface area contributed by atoms with Gasteiger partial charge in [-0.05, 0) is 42.8 Å². The van der Waals surface area contributed by atoms with E-state index in [9.17, 15) is 0 Å². The molecule has 0 bridgehead atoms. The quantitative estimate of drug-likeness (QED) is 0.712. The SMILES string of the molecule is CN(CCCCl)CCc1ccc2ccccc2c1. The van der Waals surface area contributed by atoms with E-state index in [1.807, 2.05) is 0 Å². The third-order valence-electron chi connectivity index (χ3n) is 3.27. The minimum Gasteiger partial charge on any atom is -0.306 e. The summed E-state index contributed by atoms with van der Waals surface area (Å²) in [5.74, 6) is 0.750. The first-order valence-corrected chi connectivity index (χ1v) is 7.05. The molecule has 0 heterocycles. The molecule has 0 N–H and O–H groups in total. The lowest BCUT2D eigenvalue weighted by Gasteiger charge is -2.15. The fourth-order valence-corrected chi connectivity index (χ4v) is 2.28. The second-order valence-corrected chi connectivity index (χ2v) is 5.16. The van der Waals surface area contributed by atoms with Gasteiger partial charge in [-0.25, -0.2) is 0 Å². The van der Waals surface area contributed by atoms with Crippen LogP contribution in [0.15, 0.2) is 42.5 Å². The predicted molar refractivity (Wildman–Crippen MR) is 80.5 cm³/mol. The van der Waals surface area contributed by atoms with Crippen LogP contribution in [-0.2, 0) is 6.42 Å². The molecule has 18 heavy (non-hydrogen) atoms. The fourth-order valence-electron chi connectivity index (χ4n) is 2.16. The van der Waals surface area contributed by atoms with Gasteiger partial charge >= 0.3 is 0 Å². The highest BCUT2D eigenvalue weighted by molar-refractivity contribution is 6.17. The number of benzene rings is 2. The lowest BCUT2D eigenvalue weighted by Crippen LogP contribution is -2.22. The summed E-state index contributed by atoms with van der Waals surface area (Å²) in [6.45, 7) is 2.17. The molecule has 2 heteroatoms. The van der Waals surface area contributed by atoms with E-state index in [0.29, 0.717) is 0 Å². The standard InChI is InChI=1S/C16H20ClN/c1-18(11-4-10-17)12-9-14-7-8-15-5-2-3-6-16(15)13-14/h2-3,5-8,13H,4,9-12H2,1H3. The summed E-state index contributed by atoms with van der Waals surface area (Å²) in [5.41, 5.74) is 1.41. The molecule has 0 aliphatic heterocycles. The number of nitrogens with zero attached hydrogens (tertiary/aromatic N) is 1. The van der Waals surface area contributed by atoms with Crippen molar-refractivity contribution in [2.75, 3.05) is 26.0 Å². The van der Waals surface area contributed by atoms with Gasteiger partial charge in [0.25, 0.3) is 0 Å². The summed E-state index contributed by atoms with van der Waals surface area (Å²) in [6, 6.07) is 15.3. The summed E-state index contributed by atoms with van der Waals surface area (Å²) in [4.78, 5) is 2.34. The zero-order chi connectivity index (χ0) is 12.8. The molecule has 0 unspecified atom stereocenters. The molecule has 96 valence electrons. The fraction of sp³-hybridized carbons (Fsp3) is 0.375. The molecule has 0 fully saturated rings. The summed E-state index contributed by atoms with van der Waals surface area (Å²) >= 11 is 5.70. The van der Waals surface area contributed by atoms with Gasteiger partial charge in [0.05, 0.1) is 0 Å². The van der Waals surface area contributed by atoms with E-state index < -0.39 is 0 Å². The van der Waals surface area contributed by atoms with Crippen LogP contribution in [-0.4, -0.2) is 30.9 Å². The highest BCUT2D eigenvalue weighted by Gasteiger charge is 2.00. The number of alkyl halides is 1. The van der Waals surface area contributed by atoms with E-state index in [-0.39, 0.29) is 0 Å². The van der Waals surface area contributed by atoms with Crippen molar-refractivity contribution in [2.45, 2.75) is 12.8 Å². The van der Waals surface area contributed by atoms with E-state index in [1.165, 1.54) is 16.3 Å². The largest absolute Gasteiger partial charge is 0.306 e. The maximum absolute atomic E-state index is 5.70. The lowest BCUT2D eigenvalue weighted by molar-refractivity contribution is 0.340. The molecule has 0 aromatic heterocycles. The number of likely N-dealkylation sites (N-methyl/N-ethyl adjacent to an activating group) is 1. The van der Waals surface area contributed by atoms with E-state index in [0.717, 1.165) is 31.8 Å². The molecule has 0 aliphatic rings. The molecule has 0 radical (unpaired) electrons. The second kappa shape index (κ2) is 6.77. The zero-order valence-electron chi connectivity index (χ0n) is 10.9. The summed E-state index contributed by atoms with van der Waals surface area (Å²) < 4.78 is 0. The summed E-state index contributed by atoms with van der Waals surface area (Å²) in [5, 5.41) is 2.65. The van der Waals surface area contributed by atoms with Crippen LogP contribution >= 0.6 is 11.6 Å². The van der Waals surface area contributed by atoms with Gasteiger partial charge in [0.2, 0.25) is 0 Å². The topological polar surface area (TPSA) is 3.24 Å². The average molecular weight is 262 g/mol. The first-order chi connectivity index (χ1) is 8.79. The smallest absolute Gasteiger partial charge is 0.0235 e. The Labute approximate surface area is 114 Å². The minimum absolute atomic E-state index is 0.750. The van der Waals surface area contributed by atoms with Crippen molar-refractivity contribution >= 4 is 22.4 Å². The Morgan fingerprint density at radius 3 is 2.56 bits per heavy atom. The summed E-state index contributed by atoms with van der Waals surface area (Å²) in [6.07, 6.45) is 2.17. The highest BCUT2D eigenvalue weighted by atomic mass is 35.5. The summed E-state index contributed by atoms with van der Waals surface area (Å²) in [7, 11) is 2.16. The molecule has 0 saturated heterocycles. The normalized spacial score (nSPS) is 11.3. The average Bonchev–Trinajstić information content (AvgIpc) is 2.42. The number of fused-ring (bicyclic) bond motifs is 1. The van der Waals surface area contributed by atoms with E-state index in [2.05, 4.69) is 54.4 Å². The molecular formula is C16H20ClN. The Balaban J connectivity index is 1.95. The van der Waals surface area contributed by atoms with Crippen LogP contribution in [0.25, 0.3) is 10.8 Å². The number of halogens is 1. The van der Waals surface area contributed by atoms with Crippen molar-refractivity contribution in [3.8, 4) is 0 Å². The van der Waals surface area contributed by atoms with Crippen LogP contribution in [0.1, 0.15) is 12.0 Å². The Morgan fingerprint density at radius 1 is 1.00 bits per heavy atom. The Hall–Kier alpha value is -1.05. The first kappa shape index (κ1) is 13.4. The van der Waals surface area contributed by atoms with Gasteiger partial charge in [-0.15, -0.1) is 11.6 Å². The molecule has 0 aliphatic carbocycles. The monoisotopic (exact) mass is 261 g/mol. The molecule has 2 aromatic carbocycles. The zero-order valence-corrected chi connectivity index (χ0v) is 11.7. The molecule has 0 atom stereocenters. The number of hydrogen-bond acceptors (Lipinski definition) is 1. The van der Waals surface area contributed by atoms with Crippen molar-refractivity contribution in [2.24, 2.45) is 0 Å². The van der Waals surface area contributed by atoms with Crippen LogP contribution in [0.4, 0.5) is 0 Å². The molecule has 0 spiro atoms. The van der Waals surface area contributed by atoms with Crippen LogP contribution in [0.2, 0.25) is 0 Å². The van der Waals surface area contributed by atoms with Crippen molar-refractivity contribution in [3.63, 3.8) is 0 Å². The maximum atomic E-state index is 5.70. The number of rotatable bonds is 6. The lowest BCUT2D eigenvalue weighted by atomic mass is 10.1. The minimum atomic E-state index is 0.750. The third-order valence-corrected chi connectivity index (χ3v) is 3.54. The van der Waals surface area contributed by atoms with Gasteiger partial charge in [0.15, 0.2) is 0 Å². The van der Waals surface area contributed by atoms with E-state index >= 15 is 0 Å². The van der Waals surface area contributed by atoms with E-state index in [4.69, 9.17) is 11.6 Å². The molecule has 0 amide bonds. The van der Waals surface area contributed by atoms with Crippen LogP contribution < -0.4 is 0 Å². The van der Waals surface area contributed by atoms with Crippen molar-refractivity contribution in [1.82, 2.24) is 4.90 Å². The van der Waals surface area contributed by atoms with Crippen molar-refractivity contribution < 1.29 is 0 Å². The Morgan fingerprint density at radius 2 is 1.78 bits per heavy atom. The molecule has 2 aromatic rings. The Bertz CT molecular complexity index is 495. The van der Waals surface area contributed by atoms with Gasteiger partial charge < -0.3 is 4.90 Å². The highest BCUT2D eigenvalue weighted by Crippen LogP contribution is 2.16. The molecule has 2 rings (SSSR count). The van der Waals surface area contributed by atoms with Crippen LogP contribution in [0, 0.1) is 0 Å². The second-order valence-electron chi connectivity index (χ2n) is 4.78. The van der Waals surface area contributed by atoms with Crippen LogP contribution in [0.5, 0.6) is 0 Å². The molecule has 1 nitrogen and oxygen atoms in total. The van der Waals surface area contributed by atoms with Crippen molar-refractivity contribution in [1.29, 1.82) is 0 Å². The maximum Gasteiger partial charge on any atom is 0.0235 e. The van der Waals surface area contributed by atoms with Gasteiger partial charge in [0, 0.05) is 12.4 Å². The first-order valence-electron chi connectivity index (χ1n) is 6.52. The van der Waals surface area contributed by atoms with Gasteiger partial charge in [-0.2, -0.15) is 0 Å². The number of hydrogen-bond donors (Lipinski definition) is 0. The van der Waals surface area contributed by atoms with Crippen LogP contribution in [0.3, 0.4) is 0 Å². The predicted octanol–water partition coefficient (Wildman–Crippen LogP) is 3.94. The third kappa shape index (κ3) is 3.72. The Kier molecular flexibility index (Phi) is 5.03. The molecule has 0 saturated carbocycles. The van der Waals surface area contributed by atoms with E-state index in [1.54, 1.807) is 0 Å². The molecular weight excluding hydrogens is 242 g/mol. The van der Waals surface area contributed by atoms with Crippen molar-refractivity contribution in [3.05, 3.63) is 48.0 Å². The van der Waals surface area contributed by atoms with Gasteiger partial charge in [0.1, 0.15) is 0 Å².